The smallest absolute Gasteiger partial charge is 0.265 e. The molecule has 1 N–H and O–H groups in total. The number of rotatable bonds is 7. The van der Waals surface area contributed by atoms with Gasteiger partial charge in [-0.05, 0) is 74.3 Å². The largest absolute Gasteiger partial charge is 0.350 e. The summed E-state index contributed by atoms with van der Waals surface area (Å²) in [7, 11) is 0. The summed E-state index contributed by atoms with van der Waals surface area (Å²) in [6, 6.07) is 24.2. The number of nitrogens with one attached hydrogen (secondary N) is 1. The molecule has 37 heavy (non-hydrogen) atoms. The summed E-state index contributed by atoms with van der Waals surface area (Å²) >= 11 is 1.50. The molecule has 1 atom stereocenters. The fourth-order valence-corrected chi connectivity index (χ4v) is 6.21. The average Bonchev–Trinajstić information content (AvgIpc) is 3.38. The van der Waals surface area contributed by atoms with E-state index >= 15 is 0 Å². The minimum absolute atomic E-state index is 0.0101. The minimum atomic E-state index is -0.0523. The molecule has 3 aromatic carbocycles. The van der Waals surface area contributed by atoms with E-state index in [2.05, 4.69) is 48.3 Å². The Morgan fingerprint density at radius 3 is 2.68 bits per heavy atom. The Bertz CT molecular complexity index is 1320. The average molecular weight is 512 g/mol. The number of carbonyl (C=O) groups excluding carboxylic acids is 2. The van der Waals surface area contributed by atoms with Crippen LogP contribution in [0.3, 0.4) is 0 Å². The first kappa shape index (κ1) is 25.3. The molecule has 190 valence electrons. The number of likely N-dealkylation sites (N-methyl/N-ethyl adjacent to an activating group) is 1. The molecule has 1 fully saturated rings. The highest BCUT2D eigenvalue weighted by Gasteiger charge is 2.29. The van der Waals surface area contributed by atoms with Crippen LogP contribution in [0, 0.1) is 6.92 Å². The molecule has 0 saturated carbocycles. The maximum absolute atomic E-state index is 13.6. The van der Waals surface area contributed by atoms with Crippen molar-refractivity contribution < 1.29 is 9.59 Å². The molecule has 0 aromatic heterocycles. The van der Waals surface area contributed by atoms with Crippen LogP contribution in [0.15, 0.2) is 82.6 Å². The number of fused-ring (bicyclic) bond motifs is 1. The number of amides is 2. The molecule has 1 unspecified atom stereocenters. The highest BCUT2D eigenvalue weighted by molar-refractivity contribution is 8.04. The molecule has 0 radical (unpaired) electrons. The molecule has 2 aliphatic heterocycles. The molecule has 0 spiro atoms. The predicted molar refractivity (Wildman–Crippen MR) is 152 cm³/mol. The van der Waals surface area contributed by atoms with Gasteiger partial charge in [0.2, 0.25) is 0 Å². The van der Waals surface area contributed by atoms with E-state index in [0.29, 0.717) is 29.6 Å². The summed E-state index contributed by atoms with van der Waals surface area (Å²) in [5.41, 5.74) is 4.75. The topological polar surface area (TPSA) is 52.7 Å². The highest BCUT2D eigenvalue weighted by atomic mass is 32.2. The summed E-state index contributed by atoms with van der Waals surface area (Å²) in [6.45, 7) is 7.57. The van der Waals surface area contributed by atoms with Crippen molar-refractivity contribution in [1.82, 2.24) is 10.2 Å². The van der Waals surface area contributed by atoms with Crippen molar-refractivity contribution >= 4 is 35.3 Å². The SMILES string of the molecule is CCN1CCCC1CNC(=O)c1ccc(/C=C2/Sc3ccccc3N(Cc3cccc(C)c3)C2=O)cc1. The number of likely N-dealkylation sites (tertiary alicyclic amines) is 1. The van der Waals surface area contributed by atoms with E-state index in [-0.39, 0.29) is 11.8 Å². The monoisotopic (exact) mass is 511 g/mol. The first-order valence-electron chi connectivity index (χ1n) is 13.0. The number of aryl methyl sites for hydroxylation is 1. The molecule has 3 aromatic rings. The summed E-state index contributed by atoms with van der Waals surface area (Å²) in [4.78, 5) is 32.3. The third kappa shape index (κ3) is 5.81. The van der Waals surface area contributed by atoms with Gasteiger partial charge in [0.25, 0.3) is 11.8 Å². The van der Waals surface area contributed by atoms with Crippen LogP contribution in [0.4, 0.5) is 5.69 Å². The molecule has 0 bridgehead atoms. The summed E-state index contributed by atoms with van der Waals surface area (Å²) in [5, 5.41) is 3.10. The van der Waals surface area contributed by atoms with Gasteiger partial charge in [0, 0.05) is 23.0 Å². The van der Waals surface area contributed by atoms with E-state index in [1.165, 1.54) is 23.7 Å². The highest BCUT2D eigenvalue weighted by Crippen LogP contribution is 2.42. The van der Waals surface area contributed by atoms with Crippen molar-refractivity contribution in [2.75, 3.05) is 24.5 Å². The number of carbonyl (C=O) groups is 2. The maximum Gasteiger partial charge on any atom is 0.265 e. The molecule has 5 nitrogen and oxygen atoms in total. The maximum atomic E-state index is 13.6. The second kappa shape index (κ2) is 11.4. The Morgan fingerprint density at radius 1 is 1.08 bits per heavy atom. The van der Waals surface area contributed by atoms with Gasteiger partial charge < -0.3 is 10.2 Å². The van der Waals surface area contributed by atoms with Gasteiger partial charge in [0.1, 0.15) is 0 Å². The van der Waals surface area contributed by atoms with Crippen molar-refractivity contribution in [1.29, 1.82) is 0 Å². The summed E-state index contributed by atoms with van der Waals surface area (Å²) < 4.78 is 0. The third-order valence-corrected chi connectivity index (χ3v) is 8.21. The van der Waals surface area contributed by atoms with Crippen molar-refractivity contribution in [3.05, 3.63) is 100.0 Å². The Hall–Kier alpha value is -3.35. The van der Waals surface area contributed by atoms with E-state index in [1.807, 2.05) is 59.5 Å². The lowest BCUT2D eigenvalue weighted by atomic mass is 10.1. The lowest BCUT2D eigenvalue weighted by molar-refractivity contribution is -0.114. The third-order valence-electron chi connectivity index (χ3n) is 7.13. The van der Waals surface area contributed by atoms with Gasteiger partial charge in [-0.25, -0.2) is 0 Å². The predicted octanol–water partition coefficient (Wildman–Crippen LogP) is 5.89. The number of para-hydroxylation sites is 1. The fraction of sp³-hybridized carbons (Fsp3) is 0.290. The van der Waals surface area contributed by atoms with Crippen LogP contribution in [0.1, 0.15) is 46.8 Å². The van der Waals surface area contributed by atoms with Crippen LogP contribution in [0.2, 0.25) is 0 Å². The van der Waals surface area contributed by atoms with Gasteiger partial charge in [-0.3, -0.25) is 14.5 Å². The molecule has 5 rings (SSSR count). The number of anilines is 1. The van der Waals surface area contributed by atoms with Crippen LogP contribution in [0.25, 0.3) is 6.08 Å². The van der Waals surface area contributed by atoms with Crippen molar-refractivity contribution in [3.8, 4) is 0 Å². The fourth-order valence-electron chi connectivity index (χ4n) is 5.15. The normalized spacial score (nSPS) is 18.8. The molecule has 6 heteroatoms. The van der Waals surface area contributed by atoms with Gasteiger partial charge in [0.15, 0.2) is 0 Å². The zero-order valence-corrected chi connectivity index (χ0v) is 22.3. The first-order valence-corrected chi connectivity index (χ1v) is 13.8. The number of benzene rings is 3. The van der Waals surface area contributed by atoms with Gasteiger partial charge in [0.05, 0.1) is 17.1 Å². The molecule has 2 aliphatic rings. The van der Waals surface area contributed by atoms with Crippen LogP contribution in [-0.4, -0.2) is 42.4 Å². The quantitative estimate of drug-likeness (QED) is 0.402. The lowest BCUT2D eigenvalue weighted by Gasteiger charge is -2.30. The molecule has 2 amide bonds. The summed E-state index contributed by atoms with van der Waals surface area (Å²) in [5.74, 6) is -0.0624. The van der Waals surface area contributed by atoms with Crippen LogP contribution in [0.5, 0.6) is 0 Å². The molecular weight excluding hydrogens is 478 g/mol. The van der Waals surface area contributed by atoms with Crippen LogP contribution < -0.4 is 10.2 Å². The van der Waals surface area contributed by atoms with Crippen molar-refractivity contribution in [2.24, 2.45) is 0 Å². The van der Waals surface area contributed by atoms with Crippen molar-refractivity contribution in [2.45, 2.75) is 44.2 Å². The second-order valence-corrected chi connectivity index (χ2v) is 10.8. The van der Waals surface area contributed by atoms with Gasteiger partial charge in [-0.1, -0.05) is 72.8 Å². The van der Waals surface area contributed by atoms with E-state index in [0.717, 1.165) is 41.2 Å². The lowest BCUT2D eigenvalue weighted by Crippen LogP contribution is -2.40. The molecule has 1 saturated heterocycles. The van der Waals surface area contributed by atoms with Gasteiger partial charge >= 0.3 is 0 Å². The minimum Gasteiger partial charge on any atom is -0.350 e. The van der Waals surface area contributed by atoms with Crippen LogP contribution >= 0.6 is 11.8 Å². The van der Waals surface area contributed by atoms with Crippen LogP contribution in [-0.2, 0) is 11.3 Å². The van der Waals surface area contributed by atoms with E-state index in [1.54, 1.807) is 0 Å². The Morgan fingerprint density at radius 2 is 1.89 bits per heavy atom. The second-order valence-electron chi connectivity index (χ2n) is 9.72. The Balaban J connectivity index is 1.31. The first-order chi connectivity index (χ1) is 18.0. The van der Waals surface area contributed by atoms with Crippen molar-refractivity contribution in [3.63, 3.8) is 0 Å². The molecule has 0 aliphatic carbocycles. The number of hydrogen-bond donors (Lipinski definition) is 1. The summed E-state index contributed by atoms with van der Waals surface area (Å²) in [6.07, 6.45) is 4.25. The Labute approximate surface area is 223 Å². The molecule has 2 heterocycles. The van der Waals surface area contributed by atoms with E-state index in [4.69, 9.17) is 0 Å². The number of thioether (sulfide) groups is 1. The number of nitrogens with zero attached hydrogens (tertiary/aromatic N) is 2. The zero-order chi connectivity index (χ0) is 25.8. The standard InChI is InChI=1S/C31H33N3O2S/c1-3-33-17-7-10-26(33)20-32-30(35)25-15-13-23(14-16-25)19-29-31(36)34(21-24-9-6-8-22(2)18-24)27-11-4-5-12-28(27)37-29/h4-6,8-9,11-16,18-19,26H,3,7,10,17,20-21H2,1-2H3,(H,32,35)/b29-19+. The zero-order valence-electron chi connectivity index (χ0n) is 21.4. The van der Waals surface area contributed by atoms with E-state index < -0.39 is 0 Å². The number of hydrogen-bond acceptors (Lipinski definition) is 4. The molecular formula is C31H33N3O2S. The van der Waals surface area contributed by atoms with Gasteiger partial charge in [-0.15, -0.1) is 0 Å². The van der Waals surface area contributed by atoms with E-state index in [9.17, 15) is 9.59 Å². The van der Waals surface area contributed by atoms with Gasteiger partial charge in [-0.2, -0.15) is 0 Å². The Kier molecular flexibility index (Phi) is 7.77.